The Morgan fingerprint density at radius 1 is 1.21 bits per heavy atom. The summed E-state index contributed by atoms with van der Waals surface area (Å²) in [4.78, 5) is 0. The standard InChI is InChI=1S/C12H10BrN/c13-11-10-4-2-1-3-8(10)7-9-5-6-14-12(9)11/h1-4,7,14H,5-6H2. The second-order valence-corrected chi connectivity index (χ2v) is 4.42. The SMILES string of the molecule is Brc1c2c(cc3ccccc13)CCN2. The zero-order valence-corrected chi connectivity index (χ0v) is 9.26. The molecule has 1 N–H and O–H groups in total. The highest BCUT2D eigenvalue weighted by Gasteiger charge is 2.15. The van der Waals surface area contributed by atoms with Gasteiger partial charge in [-0.1, -0.05) is 24.3 Å². The minimum Gasteiger partial charge on any atom is -0.384 e. The third kappa shape index (κ3) is 1.07. The van der Waals surface area contributed by atoms with Crippen LogP contribution in [-0.4, -0.2) is 6.54 Å². The van der Waals surface area contributed by atoms with E-state index in [1.54, 1.807) is 0 Å². The Bertz CT molecular complexity index is 505. The van der Waals surface area contributed by atoms with Crippen LogP contribution in [0.4, 0.5) is 5.69 Å². The third-order valence-corrected chi connectivity index (χ3v) is 3.59. The average Bonchev–Trinajstić information content (AvgIpc) is 2.66. The molecule has 0 spiro atoms. The maximum Gasteiger partial charge on any atom is 0.0524 e. The molecule has 0 fully saturated rings. The van der Waals surface area contributed by atoms with Crippen LogP contribution in [0.3, 0.4) is 0 Å². The molecule has 70 valence electrons. The minimum absolute atomic E-state index is 1.06. The van der Waals surface area contributed by atoms with Gasteiger partial charge in [0, 0.05) is 11.0 Å². The number of hydrogen-bond donors (Lipinski definition) is 1. The molecular formula is C12H10BrN. The largest absolute Gasteiger partial charge is 0.384 e. The van der Waals surface area contributed by atoms with Crippen molar-refractivity contribution in [2.24, 2.45) is 0 Å². The van der Waals surface area contributed by atoms with Gasteiger partial charge in [-0.3, -0.25) is 0 Å². The summed E-state index contributed by atoms with van der Waals surface area (Å²) in [5, 5.41) is 6.03. The summed E-state index contributed by atoms with van der Waals surface area (Å²) in [5.41, 5.74) is 2.71. The lowest BCUT2D eigenvalue weighted by atomic mass is 10.1. The molecule has 0 unspecified atom stereocenters. The molecule has 1 aliphatic rings. The van der Waals surface area contributed by atoms with E-state index in [0.717, 1.165) is 13.0 Å². The smallest absolute Gasteiger partial charge is 0.0524 e. The average molecular weight is 248 g/mol. The zero-order valence-electron chi connectivity index (χ0n) is 7.68. The van der Waals surface area contributed by atoms with Crippen molar-refractivity contribution in [1.82, 2.24) is 0 Å². The van der Waals surface area contributed by atoms with E-state index >= 15 is 0 Å². The molecule has 1 heterocycles. The first-order valence-electron chi connectivity index (χ1n) is 4.80. The van der Waals surface area contributed by atoms with Crippen molar-refractivity contribution in [3.63, 3.8) is 0 Å². The molecule has 0 saturated carbocycles. The topological polar surface area (TPSA) is 12.0 Å². The van der Waals surface area contributed by atoms with Crippen LogP contribution in [-0.2, 0) is 6.42 Å². The summed E-state index contributed by atoms with van der Waals surface area (Å²) in [6.45, 7) is 1.06. The van der Waals surface area contributed by atoms with Crippen LogP contribution >= 0.6 is 15.9 Å². The lowest BCUT2D eigenvalue weighted by Crippen LogP contribution is -1.91. The Morgan fingerprint density at radius 3 is 3.00 bits per heavy atom. The fraction of sp³-hybridized carbons (Fsp3) is 0.167. The number of halogens is 1. The van der Waals surface area contributed by atoms with Gasteiger partial charge in [0.1, 0.15) is 0 Å². The molecule has 0 atom stereocenters. The molecule has 3 rings (SSSR count). The number of anilines is 1. The summed E-state index contributed by atoms with van der Waals surface area (Å²) in [5.74, 6) is 0. The molecule has 0 aliphatic carbocycles. The van der Waals surface area contributed by atoms with Crippen LogP contribution < -0.4 is 5.32 Å². The highest BCUT2D eigenvalue weighted by Crippen LogP contribution is 2.37. The van der Waals surface area contributed by atoms with Crippen LogP contribution in [0.2, 0.25) is 0 Å². The van der Waals surface area contributed by atoms with Gasteiger partial charge < -0.3 is 5.32 Å². The van der Waals surface area contributed by atoms with Crippen molar-refractivity contribution < 1.29 is 0 Å². The van der Waals surface area contributed by atoms with Gasteiger partial charge in [-0.25, -0.2) is 0 Å². The summed E-state index contributed by atoms with van der Waals surface area (Å²) >= 11 is 3.67. The van der Waals surface area contributed by atoms with Gasteiger partial charge in [0.15, 0.2) is 0 Å². The summed E-state index contributed by atoms with van der Waals surface area (Å²) < 4.78 is 1.21. The quantitative estimate of drug-likeness (QED) is 0.751. The van der Waals surface area contributed by atoms with Gasteiger partial charge in [-0.05, 0) is 44.8 Å². The lowest BCUT2D eigenvalue weighted by molar-refractivity contribution is 1.11. The van der Waals surface area contributed by atoms with E-state index in [2.05, 4.69) is 51.6 Å². The van der Waals surface area contributed by atoms with Crippen molar-refractivity contribution >= 4 is 32.4 Å². The van der Waals surface area contributed by atoms with Crippen molar-refractivity contribution in [3.8, 4) is 0 Å². The van der Waals surface area contributed by atoms with Gasteiger partial charge in [0.2, 0.25) is 0 Å². The van der Waals surface area contributed by atoms with Crippen molar-refractivity contribution in [1.29, 1.82) is 0 Å². The summed E-state index contributed by atoms with van der Waals surface area (Å²) in [6, 6.07) is 10.8. The van der Waals surface area contributed by atoms with Crippen LogP contribution in [0, 0.1) is 0 Å². The first-order chi connectivity index (χ1) is 6.86. The van der Waals surface area contributed by atoms with E-state index in [9.17, 15) is 0 Å². The van der Waals surface area contributed by atoms with E-state index in [1.165, 1.54) is 26.5 Å². The van der Waals surface area contributed by atoms with Gasteiger partial charge in [0.05, 0.1) is 5.69 Å². The van der Waals surface area contributed by atoms with Gasteiger partial charge in [0.25, 0.3) is 0 Å². The molecule has 0 aromatic heterocycles. The Kier molecular flexibility index (Phi) is 1.77. The van der Waals surface area contributed by atoms with Gasteiger partial charge >= 0.3 is 0 Å². The zero-order chi connectivity index (χ0) is 9.54. The molecular weight excluding hydrogens is 238 g/mol. The number of hydrogen-bond acceptors (Lipinski definition) is 1. The molecule has 2 aromatic carbocycles. The second kappa shape index (κ2) is 2.99. The monoisotopic (exact) mass is 247 g/mol. The Balaban J connectivity index is 2.44. The first-order valence-corrected chi connectivity index (χ1v) is 5.59. The fourth-order valence-electron chi connectivity index (χ4n) is 2.07. The molecule has 0 amide bonds. The van der Waals surface area contributed by atoms with Gasteiger partial charge in [-0.15, -0.1) is 0 Å². The highest BCUT2D eigenvalue weighted by atomic mass is 79.9. The van der Waals surface area contributed by atoms with Gasteiger partial charge in [-0.2, -0.15) is 0 Å². The molecule has 14 heavy (non-hydrogen) atoms. The number of fused-ring (bicyclic) bond motifs is 2. The van der Waals surface area contributed by atoms with Crippen molar-refractivity contribution in [3.05, 3.63) is 40.4 Å². The molecule has 0 saturated heterocycles. The Hall–Kier alpha value is -1.02. The van der Waals surface area contributed by atoms with E-state index in [4.69, 9.17) is 0 Å². The number of benzene rings is 2. The molecule has 2 aromatic rings. The fourth-order valence-corrected chi connectivity index (χ4v) is 2.82. The maximum atomic E-state index is 3.67. The number of rotatable bonds is 0. The minimum atomic E-state index is 1.06. The Labute approximate surface area is 91.3 Å². The summed E-state index contributed by atoms with van der Waals surface area (Å²) in [7, 11) is 0. The van der Waals surface area contributed by atoms with E-state index in [-0.39, 0.29) is 0 Å². The van der Waals surface area contributed by atoms with E-state index in [1.807, 2.05) is 0 Å². The highest BCUT2D eigenvalue weighted by molar-refractivity contribution is 9.10. The van der Waals surface area contributed by atoms with Crippen molar-refractivity contribution in [2.75, 3.05) is 11.9 Å². The third-order valence-electron chi connectivity index (χ3n) is 2.76. The normalized spacial score (nSPS) is 14.1. The lowest BCUT2D eigenvalue weighted by Gasteiger charge is -2.07. The first kappa shape index (κ1) is 8.30. The van der Waals surface area contributed by atoms with Crippen LogP contribution in [0.1, 0.15) is 5.56 Å². The molecule has 1 aliphatic heterocycles. The predicted molar refractivity (Wildman–Crippen MR) is 63.8 cm³/mol. The second-order valence-electron chi connectivity index (χ2n) is 3.62. The number of nitrogens with one attached hydrogen (secondary N) is 1. The van der Waals surface area contributed by atoms with Crippen LogP contribution in [0.5, 0.6) is 0 Å². The molecule has 0 radical (unpaired) electrons. The van der Waals surface area contributed by atoms with Crippen LogP contribution in [0.15, 0.2) is 34.8 Å². The molecule has 0 bridgehead atoms. The molecule has 1 nitrogen and oxygen atoms in total. The Morgan fingerprint density at radius 2 is 2.07 bits per heavy atom. The van der Waals surface area contributed by atoms with Crippen molar-refractivity contribution in [2.45, 2.75) is 6.42 Å². The van der Waals surface area contributed by atoms with E-state index < -0.39 is 0 Å². The predicted octanol–water partition coefficient (Wildman–Crippen LogP) is 3.57. The maximum absolute atomic E-state index is 3.67. The van der Waals surface area contributed by atoms with Crippen LogP contribution in [0.25, 0.3) is 10.8 Å². The summed E-state index contributed by atoms with van der Waals surface area (Å²) in [6.07, 6.45) is 1.14. The van der Waals surface area contributed by atoms with E-state index in [0.29, 0.717) is 0 Å². The molecule has 2 heteroatoms.